The normalized spacial score (nSPS) is 12.7. The van der Waals surface area contributed by atoms with E-state index in [0.717, 1.165) is 5.39 Å². The van der Waals surface area contributed by atoms with Gasteiger partial charge in [0.2, 0.25) is 0 Å². The molecular formula is C18H25N3O4. The van der Waals surface area contributed by atoms with E-state index in [0.29, 0.717) is 24.5 Å². The SMILES string of the molecule is CCOC(=O)c1cc2cccnc2n1[C@H](C)CNC(=O)OC(C)(C)C. The van der Waals surface area contributed by atoms with Gasteiger partial charge in [-0.2, -0.15) is 0 Å². The van der Waals surface area contributed by atoms with Crippen molar-refractivity contribution >= 4 is 23.1 Å². The molecule has 2 aromatic heterocycles. The number of carbonyl (C=O) groups is 2. The van der Waals surface area contributed by atoms with Crippen LogP contribution < -0.4 is 5.32 Å². The Labute approximate surface area is 147 Å². The van der Waals surface area contributed by atoms with Gasteiger partial charge in [0.1, 0.15) is 16.9 Å². The largest absolute Gasteiger partial charge is 0.461 e. The Morgan fingerprint density at radius 1 is 1.36 bits per heavy atom. The van der Waals surface area contributed by atoms with Gasteiger partial charge in [-0.05, 0) is 52.8 Å². The number of fused-ring (bicyclic) bond motifs is 1. The minimum Gasteiger partial charge on any atom is -0.461 e. The first-order chi connectivity index (χ1) is 11.7. The van der Waals surface area contributed by atoms with Crippen LogP contribution in [0, 0.1) is 0 Å². The standard InChI is InChI=1S/C18H25N3O4/c1-6-24-16(22)14-10-13-8-7-9-19-15(13)21(14)12(2)11-20-17(23)25-18(3,4)5/h7-10,12H,6,11H2,1-5H3,(H,20,23)/t12-/m1/s1. The first-order valence-corrected chi connectivity index (χ1v) is 8.33. The highest BCUT2D eigenvalue weighted by molar-refractivity contribution is 5.94. The molecule has 0 aliphatic rings. The Hall–Kier alpha value is -2.57. The van der Waals surface area contributed by atoms with Gasteiger partial charge < -0.3 is 19.4 Å². The third kappa shape index (κ3) is 4.71. The molecule has 1 atom stereocenters. The number of nitrogens with zero attached hydrogens (tertiary/aromatic N) is 2. The van der Waals surface area contributed by atoms with E-state index in [1.165, 1.54) is 0 Å². The molecule has 0 unspecified atom stereocenters. The van der Waals surface area contributed by atoms with E-state index in [1.54, 1.807) is 44.5 Å². The molecule has 0 saturated heterocycles. The molecule has 0 aliphatic carbocycles. The van der Waals surface area contributed by atoms with Crippen molar-refractivity contribution in [1.29, 1.82) is 0 Å². The summed E-state index contributed by atoms with van der Waals surface area (Å²) < 4.78 is 12.2. The van der Waals surface area contributed by atoms with E-state index in [2.05, 4.69) is 10.3 Å². The molecule has 0 spiro atoms. The van der Waals surface area contributed by atoms with E-state index in [-0.39, 0.29) is 6.04 Å². The molecule has 0 aliphatic heterocycles. The second-order valence-electron chi connectivity index (χ2n) is 6.77. The smallest absolute Gasteiger partial charge is 0.407 e. The van der Waals surface area contributed by atoms with Gasteiger partial charge >= 0.3 is 12.1 Å². The number of ether oxygens (including phenoxy) is 2. The zero-order valence-corrected chi connectivity index (χ0v) is 15.3. The van der Waals surface area contributed by atoms with E-state index in [4.69, 9.17) is 9.47 Å². The van der Waals surface area contributed by atoms with Crippen molar-refractivity contribution in [2.75, 3.05) is 13.2 Å². The van der Waals surface area contributed by atoms with Crippen LogP contribution in [0.1, 0.15) is 51.1 Å². The Balaban J connectivity index is 2.24. The van der Waals surface area contributed by atoms with Crippen molar-refractivity contribution < 1.29 is 19.1 Å². The highest BCUT2D eigenvalue weighted by Gasteiger charge is 2.22. The molecule has 2 aromatic rings. The summed E-state index contributed by atoms with van der Waals surface area (Å²) in [5.74, 6) is -0.412. The first-order valence-electron chi connectivity index (χ1n) is 8.33. The lowest BCUT2D eigenvalue weighted by Crippen LogP contribution is -2.35. The summed E-state index contributed by atoms with van der Waals surface area (Å²) in [4.78, 5) is 28.5. The van der Waals surface area contributed by atoms with Crippen LogP contribution >= 0.6 is 0 Å². The van der Waals surface area contributed by atoms with E-state index >= 15 is 0 Å². The Kier molecular flexibility index (Phi) is 5.66. The highest BCUT2D eigenvalue weighted by atomic mass is 16.6. The molecule has 25 heavy (non-hydrogen) atoms. The van der Waals surface area contributed by atoms with Gasteiger partial charge in [0.15, 0.2) is 0 Å². The Morgan fingerprint density at radius 3 is 2.72 bits per heavy atom. The van der Waals surface area contributed by atoms with E-state index < -0.39 is 17.7 Å². The summed E-state index contributed by atoms with van der Waals surface area (Å²) in [6, 6.07) is 5.24. The van der Waals surface area contributed by atoms with Gasteiger partial charge in [-0.1, -0.05) is 0 Å². The third-order valence-electron chi connectivity index (χ3n) is 3.46. The molecule has 7 heteroatoms. The fraction of sp³-hybridized carbons (Fsp3) is 0.500. The van der Waals surface area contributed by atoms with Crippen molar-refractivity contribution in [1.82, 2.24) is 14.9 Å². The predicted octanol–water partition coefficient (Wildman–Crippen LogP) is 3.30. The number of carbonyl (C=O) groups excluding carboxylic acids is 2. The van der Waals surface area contributed by atoms with Crippen LogP contribution in [-0.4, -0.2) is 40.4 Å². The average Bonchev–Trinajstić information content (AvgIpc) is 2.91. The Morgan fingerprint density at radius 2 is 2.08 bits per heavy atom. The maximum atomic E-state index is 12.3. The summed E-state index contributed by atoms with van der Waals surface area (Å²) in [6.07, 6.45) is 1.17. The number of amides is 1. The first kappa shape index (κ1) is 18.8. The van der Waals surface area contributed by atoms with E-state index in [1.807, 2.05) is 19.1 Å². The van der Waals surface area contributed by atoms with Gasteiger partial charge in [-0.3, -0.25) is 0 Å². The monoisotopic (exact) mass is 347 g/mol. The molecule has 1 amide bonds. The number of esters is 1. The van der Waals surface area contributed by atoms with Gasteiger partial charge in [-0.25, -0.2) is 14.6 Å². The predicted molar refractivity (Wildman–Crippen MR) is 94.6 cm³/mol. The van der Waals surface area contributed by atoms with Crippen molar-refractivity contribution in [3.63, 3.8) is 0 Å². The second-order valence-corrected chi connectivity index (χ2v) is 6.77. The number of hydrogen-bond donors (Lipinski definition) is 1. The maximum absolute atomic E-state index is 12.3. The summed E-state index contributed by atoms with van der Waals surface area (Å²) >= 11 is 0. The van der Waals surface area contributed by atoms with Crippen molar-refractivity contribution in [3.8, 4) is 0 Å². The van der Waals surface area contributed by atoms with Crippen LogP contribution in [0.4, 0.5) is 4.79 Å². The summed E-state index contributed by atoms with van der Waals surface area (Å²) in [5, 5.41) is 3.57. The number of hydrogen-bond acceptors (Lipinski definition) is 5. The molecule has 0 saturated carbocycles. The van der Waals surface area contributed by atoms with E-state index in [9.17, 15) is 9.59 Å². The van der Waals surface area contributed by atoms with Crippen LogP contribution in [0.25, 0.3) is 11.0 Å². The van der Waals surface area contributed by atoms with Crippen molar-refractivity contribution in [3.05, 3.63) is 30.1 Å². The average molecular weight is 347 g/mol. The molecule has 0 aromatic carbocycles. The number of pyridine rings is 1. The van der Waals surface area contributed by atoms with Gasteiger partial charge in [-0.15, -0.1) is 0 Å². The quantitative estimate of drug-likeness (QED) is 0.839. The maximum Gasteiger partial charge on any atom is 0.407 e. The fourth-order valence-corrected chi connectivity index (χ4v) is 2.50. The van der Waals surface area contributed by atoms with Crippen LogP contribution in [0.2, 0.25) is 0 Å². The number of alkyl carbamates (subject to hydrolysis) is 1. The zero-order chi connectivity index (χ0) is 18.6. The molecule has 7 nitrogen and oxygen atoms in total. The highest BCUT2D eigenvalue weighted by Crippen LogP contribution is 2.23. The molecule has 2 heterocycles. The third-order valence-corrected chi connectivity index (χ3v) is 3.46. The molecule has 0 radical (unpaired) electrons. The number of aromatic nitrogens is 2. The van der Waals surface area contributed by atoms with Gasteiger partial charge in [0.05, 0.1) is 12.6 Å². The number of rotatable bonds is 5. The van der Waals surface area contributed by atoms with Gasteiger partial charge in [0.25, 0.3) is 0 Å². The fourth-order valence-electron chi connectivity index (χ4n) is 2.50. The summed E-state index contributed by atoms with van der Waals surface area (Å²) in [7, 11) is 0. The van der Waals surface area contributed by atoms with Crippen LogP contribution in [0.15, 0.2) is 24.4 Å². The molecule has 136 valence electrons. The molecule has 1 N–H and O–H groups in total. The number of nitrogens with one attached hydrogen (secondary N) is 1. The second kappa shape index (κ2) is 7.55. The lowest BCUT2D eigenvalue weighted by molar-refractivity contribution is 0.0511. The van der Waals surface area contributed by atoms with Crippen molar-refractivity contribution in [2.45, 2.75) is 46.3 Å². The van der Waals surface area contributed by atoms with Crippen molar-refractivity contribution in [2.24, 2.45) is 0 Å². The molecular weight excluding hydrogens is 322 g/mol. The van der Waals surface area contributed by atoms with Crippen LogP contribution in [0.5, 0.6) is 0 Å². The topological polar surface area (TPSA) is 82.5 Å². The summed E-state index contributed by atoms with van der Waals surface area (Å²) in [6.45, 7) is 9.65. The minimum absolute atomic E-state index is 0.209. The van der Waals surface area contributed by atoms with Crippen LogP contribution in [0.3, 0.4) is 0 Å². The molecule has 2 rings (SSSR count). The molecule has 0 fully saturated rings. The van der Waals surface area contributed by atoms with Crippen LogP contribution in [-0.2, 0) is 9.47 Å². The minimum atomic E-state index is -0.564. The lowest BCUT2D eigenvalue weighted by Gasteiger charge is -2.22. The van der Waals surface area contributed by atoms with Gasteiger partial charge in [0, 0.05) is 18.1 Å². The zero-order valence-electron chi connectivity index (χ0n) is 15.3. The lowest BCUT2D eigenvalue weighted by atomic mass is 10.2. The Bertz CT molecular complexity index is 761. The molecule has 0 bridgehead atoms. The summed E-state index contributed by atoms with van der Waals surface area (Å²) in [5.41, 5.74) is 0.517.